The molecule has 0 spiro atoms. The van der Waals surface area contributed by atoms with Crippen LogP contribution in [-0.2, 0) is 28.6 Å². The monoisotopic (exact) mass is 1100 g/mol. The van der Waals surface area contributed by atoms with Crippen molar-refractivity contribution in [3.63, 3.8) is 0 Å². The third-order valence-electron chi connectivity index (χ3n) is 15.9. The van der Waals surface area contributed by atoms with E-state index in [2.05, 4.69) is 57.2 Å². The maximum Gasteiger partial charge on any atom is 0.306 e. The van der Waals surface area contributed by atoms with Crippen molar-refractivity contribution >= 4 is 17.9 Å². The van der Waals surface area contributed by atoms with Gasteiger partial charge >= 0.3 is 17.9 Å². The third kappa shape index (κ3) is 64.5. The topological polar surface area (TPSA) is 78.9 Å². The zero-order valence-corrected chi connectivity index (χ0v) is 52.7. The Bertz CT molecular complexity index is 1300. The first-order valence-electron chi connectivity index (χ1n) is 35.0. The zero-order valence-electron chi connectivity index (χ0n) is 52.7. The van der Waals surface area contributed by atoms with Gasteiger partial charge in [0, 0.05) is 19.3 Å². The fourth-order valence-corrected chi connectivity index (χ4v) is 10.7. The summed E-state index contributed by atoms with van der Waals surface area (Å²) < 4.78 is 16.9. The van der Waals surface area contributed by atoms with Crippen LogP contribution in [0, 0.1) is 0 Å². The summed E-state index contributed by atoms with van der Waals surface area (Å²) in [6, 6.07) is 0. The van der Waals surface area contributed by atoms with Crippen molar-refractivity contribution in [1.82, 2.24) is 0 Å². The Morgan fingerprint density at radius 2 is 0.500 bits per heavy atom. The molecule has 6 nitrogen and oxygen atoms in total. The lowest BCUT2D eigenvalue weighted by molar-refractivity contribution is -0.167. The van der Waals surface area contributed by atoms with E-state index in [-0.39, 0.29) is 31.1 Å². The highest BCUT2D eigenvalue weighted by Crippen LogP contribution is 2.19. The molecule has 1 unspecified atom stereocenters. The minimum Gasteiger partial charge on any atom is -0.462 e. The second-order valence-electron chi connectivity index (χ2n) is 23.8. The van der Waals surface area contributed by atoms with Crippen LogP contribution in [0.15, 0.2) is 36.5 Å². The van der Waals surface area contributed by atoms with Gasteiger partial charge in [0.25, 0.3) is 0 Å². The summed E-state index contributed by atoms with van der Waals surface area (Å²) in [5, 5.41) is 0. The second-order valence-corrected chi connectivity index (χ2v) is 23.8. The Hall–Kier alpha value is -2.37. The highest BCUT2D eigenvalue weighted by molar-refractivity contribution is 5.71. The van der Waals surface area contributed by atoms with E-state index in [1.807, 2.05) is 0 Å². The SMILES string of the molecule is CC/C=C\C/C=C\C/C=C\CCCCCCCCCC(=O)OC(COC(=O)CCCCCCCCCCCC)COC(=O)CCCCCCCCCCCCCCCCCCCCCCCCCCCCCCCCCCC. The van der Waals surface area contributed by atoms with Crippen molar-refractivity contribution < 1.29 is 28.6 Å². The molecule has 0 aliphatic carbocycles. The van der Waals surface area contributed by atoms with Crippen molar-refractivity contribution in [2.45, 2.75) is 393 Å². The summed E-state index contributed by atoms with van der Waals surface area (Å²) in [5.41, 5.74) is 0. The van der Waals surface area contributed by atoms with Gasteiger partial charge < -0.3 is 14.2 Å². The molecule has 78 heavy (non-hydrogen) atoms. The molecule has 0 aliphatic rings. The zero-order chi connectivity index (χ0) is 56.4. The van der Waals surface area contributed by atoms with Crippen LogP contribution >= 0.6 is 0 Å². The van der Waals surface area contributed by atoms with Gasteiger partial charge in [0.15, 0.2) is 6.10 Å². The Morgan fingerprint density at radius 3 is 0.782 bits per heavy atom. The van der Waals surface area contributed by atoms with Crippen molar-refractivity contribution in [2.24, 2.45) is 0 Å². The van der Waals surface area contributed by atoms with Gasteiger partial charge in [-0.3, -0.25) is 14.4 Å². The molecule has 0 N–H and O–H groups in total. The number of esters is 3. The number of rotatable bonds is 65. The van der Waals surface area contributed by atoms with E-state index >= 15 is 0 Å². The van der Waals surface area contributed by atoms with E-state index in [0.717, 1.165) is 83.5 Å². The van der Waals surface area contributed by atoms with Gasteiger partial charge in [-0.2, -0.15) is 0 Å². The highest BCUT2D eigenvalue weighted by Gasteiger charge is 2.19. The maximum atomic E-state index is 12.9. The predicted octanol–water partition coefficient (Wildman–Crippen LogP) is 23.9. The summed E-state index contributed by atoms with van der Waals surface area (Å²) in [4.78, 5) is 38.2. The average Bonchev–Trinajstić information content (AvgIpc) is 3.44. The fourth-order valence-electron chi connectivity index (χ4n) is 10.7. The van der Waals surface area contributed by atoms with Crippen LogP contribution in [0.25, 0.3) is 0 Å². The number of hydrogen-bond donors (Lipinski definition) is 0. The van der Waals surface area contributed by atoms with Crippen molar-refractivity contribution in [1.29, 1.82) is 0 Å². The molecule has 0 bridgehead atoms. The molecule has 0 radical (unpaired) electrons. The number of ether oxygens (including phenoxy) is 3. The maximum absolute atomic E-state index is 12.9. The molecule has 0 saturated carbocycles. The van der Waals surface area contributed by atoms with Crippen LogP contribution in [0.3, 0.4) is 0 Å². The fraction of sp³-hybridized carbons (Fsp3) is 0.875. The lowest BCUT2D eigenvalue weighted by Crippen LogP contribution is -2.30. The number of unbranched alkanes of at least 4 members (excludes halogenated alkanes) is 48. The molecule has 0 rings (SSSR count). The van der Waals surface area contributed by atoms with Gasteiger partial charge in [0.1, 0.15) is 13.2 Å². The summed E-state index contributed by atoms with van der Waals surface area (Å²) in [6.45, 7) is 6.57. The molecule has 458 valence electrons. The van der Waals surface area contributed by atoms with Crippen LogP contribution in [0.1, 0.15) is 387 Å². The Kier molecular flexibility index (Phi) is 65.1. The summed E-state index contributed by atoms with van der Waals surface area (Å²) in [5.74, 6) is -0.859. The molecule has 0 aromatic rings. The lowest BCUT2D eigenvalue weighted by Gasteiger charge is -2.18. The van der Waals surface area contributed by atoms with Crippen LogP contribution in [0.2, 0.25) is 0 Å². The molecule has 0 amide bonds. The van der Waals surface area contributed by atoms with E-state index < -0.39 is 6.10 Å². The van der Waals surface area contributed by atoms with Gasteiger partial charge in [0.05, 0.1) is 0 Å². The van der Waals surface area contributed by atoms with E-state index in [1.54, 1.807) is 0 Å². The summed E-state index contributed by atoms with van der Waals surface area (Å²) in [7, 11) is 0. The predicted molar refractivity (Wildman–Crippen MR) is 339 cm³/mol. The van der Waals surface area contributed by atoms with Crippen molar-refractivity contribution in [2.75, 3.05) is 13.2 Å². The van der Waals surface area contributed by atoms with Crippen LogP contribution in [-0.4, -0.2) is 37.2 Å². The number of carbonyl (C=O) groups is 3. The van der Waals surface area contributed by atoms with E-state index in [9.17, 15) is 14.4 Å². The van der Waals surface area contributed by atoms with Crippen LogP contribution in [0.5, 0.6) is 0 Å². The van der Waals surface area contributed by atoms with E-state index in [4.69, 9.17) is 14.2 Å². The molecular formula is C72H134O6. The average molecular weight is 1100 g/mol. The second kappa shape index (κ2) is 67.1. The normalized spacial score (nSPS) is 12.2. The first kappa shape index (κ1) is 75.6. The molecule has 0 aromatic heterocycles. The lowest BCUT2D eigenvalue weighted by atomic mass is 10.0. The molecule has 0 heterocycles. The quantitative estimate of drug-likeness (QED) is 0.0261. The van der Waals surface area contributed by atoms with Gasteiger partial charge in [-0.1, -0.05) is 353 Å². The standard InChI is InChI=1S/C72H134O6/c1-4-7-10-13-16-19-22-24-26-28-29-30-31-32-33-34-35-36-37-38-39-40-41-42-43-45-46-48-50-53-56-59-62-65-71(74)77-68-69(67-76-70(73)64-61-58-55-52-21-18-15-12-9-6-3)78-72(75)66-63-60-57-54-51-49-47-44-27-25-23-20-17-14-11-8-5-2/h8,11,17,20,25,27,69H,4-7,9-10,12-16,18-19,21-24,26,28-68H2,1-3H3/b11-8-,20-17-,27-25-. The number of hydrogen-bond acceptors (Lipinski definition) is 6. The van der Waals surface area contributed by atoms with Gasteiger partial charge in [0.2, 0.25) is 0 Å². The number of carbonyl (C=O) groups excluding carboxylic acids is 3. The van der Waals surface area contributed by atoms with Crippen LogP contribution < -0.4 is 0 Å². The number of allylic oxidation sites excluding steroid dienone is 6. The van der Waals surface area contributed by atoms with E-state index in [1.165, 1.54) is 263 Å². The Labute approximate surface area is 486 Å². The minimum absolute atomic E-state index is 0.0711. The summed E-state index contributed by atoms with van der Waals surface area (Å²) >= 11 is 0. The largest absolute Gasteiger partial charge is 0.462 e. The molecule has 0 fully saturated rings. The first-order chi connectivity index (χ1) is 38.5. The summed E-state index contributed by atoms with van der Waals surface area (Å²) in [6.07, 6.45) is 83.5. The van der Waals surface area contributed by atoms with Crippen LogP contribution in [0.4, 0.5) is 0 Å². The third-order valence-corrected chi connectivity index (χ3v) is 15.9. The highest BCUT2D eigenvalue weighted by atomic mass is 16.6. The van der Waals surface area contributed by atoms with E-state index in [0.29, 0.717) is 19.3 Å². The van der Waals surface area contributed by atoms with Gasteiger partial charge in [-0.05, 0) is 51.4 Å². The smallest absolute Gasteiger partial charge is 0.306 e. The molecule has 6 heteroatoms. The molecule has 0 saturated heterocycles. The van der Waals surface area contributed by atoms with Gasteiger partial charge in [-0.15, -0.1) is 0 Å². The molecular weight excluding hydrogens is 961 g/mol. The minimum atomic E-state index is -0.774. The Morgan fingerprint density at radius 1 is 0.269 bits per heavy atom. The van der Waals surface area contributed by atoms with Crippen molar-refractivity contribution in [3.8, 4) is 0 Å². The van der Waals surface area contributed by atoms with Crippen molar-refractivity contribution in [3.05, 3.63) is 36.5 Å². The van der Waals surface area contributed by atoms with Gasteiger partial charge in [-0.25, -0.2) is 0 Å². The molecule has 0 aliphatic heterocycles. The molecule has 0 aromatic carbocycles. The molecule has 1 atom stereocenters. The Balaban J connectivity index is 4.03. The first-order valence-corrected chi connectivity index (χ1v) is 35.0.